The molecule has 21 heavy (non-hydrogen) atoms. The molecule has 0 bridgehead atoms. The Labute approximate surface area is 124 Å². The first-order valence-corrected chi connectivity index (χ1v) is 8.17. The van der Waals surface area contributed by atoms with E-state index >= 15 is 0 Å². The van der Waals surface area contributed by atoms with Crippen LogP contribution in [0.25, 0.3) is 0 Å². The molecule has 0 radical (unpaired) electrons. The zero-order valence-corrected chi connectivity index (χ0v) is 13.2. The summed E-state index contributed by atoms with van der Waals surface area (Å²) in [6, 6.07) is 4.78. The van der Waals surface area contributed by atoms with Gasteiger partial charge in [0.1, 0.15) is 0 Å². The van der Waals surface area contributed by atoms with Gasteiger partial charge in [-0.15, -0.1) is 0 Å². The number of amides is 1. The average Bonchev–Trinajstić information content (AvgIpc) is 2.72. The number of sulfonamides is 1. The van der Waals surface area contributed by atoms with E-state index in [2.05, 4.69) is 5.32 Å². The molecule has 0 spiro atoms. The van der Waals surface area contributed by atoms with Crippen LogP contribution in [0, 0.1) is 6.92 Å². The van der Waals surface area contributed by atoms with Crippen molar-refractivity contribution in [2.75, 3.05) is 18.4 Å². The molecule has 2 rings (SSSR count). The van der Waals surface area contributed by atoms with Gasteiger partial charge in [-0.3, -0.25) is 4.79 Å². The number of benzene rings is 1. The Hall–Kier alpha value is -1.44. The smallest absolute Gasteiger partial charge is 0.243 e. The van der Waals surface area contributed by atoms with Gasteiger partial charge in [-0.25, -0.2) is 8.42 Å². The predicted octanol–water partition coefficient (Wildman–Crippen LogP) is 1.10. The highest BCUT2D eigenvalue weighted by Crippen LogP contribution is 2.29. The maximum Gasteiger partial charge on any atom is 0.243 e. The molecule has 7 heteroatoms. The van der Waals surface area contributed by atoms with Gasteiger partial charge < -0.3 is 10.4 Å². The number of rotatable bonds is 3. The number of β-amino-alcohol motifs (C(OH)–C–C–N with tert-alkyl or cyclic N) is 1. The van der Waals surface area contributed by atoms with Crippen LogP contribution in [0.15, 0.2) is 23.1 Å². The van der Waals surface area contributed by atoms with Crippen molar-refractivity contribution in [1.29, 1.82) is 0 Å². The zero-order chi connectivity index (χ0) is 15.8. The van der Waals surface area contributed by atoms with E-state index in [1.54, 1.807) is 26.0 Å². The molecule has 1 saturated heterocycles. The molecule has 6 nitrogen and oxygen atoms in total. The summed E-state index contributed by atoms with van der Waals surface area (Å²) in [6.07, 6.45) is 0.413. The summed E-state index contributed by atoms with van der Waals surface area (Å²) < 4.78 is 26.7. The van der Waals surface area contributed by atoms with Gasteiger partial charge >= 0.3 is 0 Å². The van der Waals surface area contributed by atoms with Crippen LogP contribution in [0.4, 0.5) is 5.69 Å². The fraction of sp³-hybridized carbons (Fsp3) is 0.500. The summed E-state index contributed by atoms with van der Waals surface area (Å²) >= 11 is 0. The molecule has 116 valence electrons. The Morgan fingerprint density at radius 2 is 2.10 bits per heavy atom. The number of carbonyl (C=O) groups is 1. The van der Waals surface area contributed by atoms with Gasteiger partial charge in [0.15, 0.2) is 0 Å². The minimum atomic E-state index is -3.68. The van der Waals surface area contributed by atoms with Gasteiger partial charge in [-0.05, 0) is 38.0 Å². The number of aryl methyl sites for hydroxylation is 1. The van der Waals surface area contributed by atoms with Gasteiger partial charge in [-0.2, -0.15) is 4.31 Å². The number of aliphatic hydroxyl groups is 1. The first-order valence-electron chi connectivity index (χ1n) is 6.73. The van der Waals surface area contributed by atoms with Crippen LogP contribution >= 0.6 is 0 Å². The summed E-state index contributed by atoms with van der Waals surface area (Å²) in [7, 11) is -3.68. The van der Waals surface area contributed by atoms with Crippen molar-refractivity contribution >= 4 is 21.6 Å². The second-order valence-corrected chi connectivity index (χ2v) is 7.65. The summed E-state index contributed by atoms with van der Waals surface area (Å²) in [4.78, 5) is 11.3. The highest BCUT2D eigenvalue weighted by molar-refractivity contribution is 7.89. The Morgan fingerprint density at radius 3 is 2.62 bits per heavy atom. The van der Waals surface area contributed by atoms with E-state index < -0.39 is 15.6 Å². The third kappa shape index (κ3) is 3.42. The Balaban J connectivity index is 2.38. The molecule has 0 aliphatic carbocycles. The first-order chi connectivity index (χ1) is 9.62. The molecule has 1 amide bonds. The van der Waals surface area contributed by atoms with Crippen LogP contribution in [0.5, 0.6) is 0 Å². The molecule has 1 heterocycles. The van der Waals surface area contributed by atoms with Crippen molar-refractivity contribution in [3.05, 3.63) is 23.8 Å². The van der Waals surface area contributed by atoms with E-state index in [-0.39, 0.29) is 17.3 Å². The standard InChI is InChI=1S/C14H20N2O4S/c1-10-4-5-12(15-11(2)17)8-13(10)21(19,20)16-7-6-14(3,18)9-16/h4-5,8,18H,6-7,9H2,1-3H3,(H,15,17). The molecule has 1 aromatic carbocycles. The average molecular weight is 312 g/mol. The fourth-order valence-electron chi connectivity index (χ4n) is 2.41. The quantitative estimate of drug-likeness (QED) is 0.875. The lowest BCUT2D eigenvalue weighted by Gasteiger charge is -2.20. The maximum atomic E-state index is 12.7. The zero-order valence-electron chi connectivity index (χ0n) is 12.4. The van der Waals surface area contributed by atoms with Crippen molar-refractivity contribution in [2.45, 2.75) is 37.7 Å². The lowest BCUT2D eigenvalue weighted by Crippen LogP contribution is -2.34. The third-order valence-corrected chi connectivity index (χ3v) is 5.53. The summed E-state index contributed by atoms with van der Waals surface area (Å²) in [5.41, 5.74) is 0.0595. The number of nitrogens with one attached hydrogen (secondary N) is 1. The topological polar surface area (TPSA) is 86.7 Å². The Bertz CT molecular complexity index is 668. The number of carbonyl (C=O) groups excluding carboxylic acids is 1. The molecule has 0 saturated carbocycles. The van der Waals surface area contributed by atoms with Crippen LogP contribution in [-0.2, 0) is 14.8 Å². The van der Waals surface area contributed by atoms with E-state index in [9.17, 15) is 18.3 Å². The summed E-state index contributed by atoms with van der Waals surface area (Å²) in [5.74, 6) is -0.258. The number of hydrogen-bond donors (Lipinski definition) is 2. The number of hydrogen-bond acceptors (Lipinski definition) is 4. The van der Waals surface area contributed by atoms with E-state index in [1.165, 1.54) is 17.3 Å². The molecule has 1 unspecified atom stereocenters. The van der Waals surface area contributed by atoms with Crippen molar-refractivity contribution in [3.8, 4) is 0 Å². The normalized spacial score (nSPS) is 23.2. The third-order valence-electron chi connectivity index (χ3n) is 3.54. The van der Waals surface area contributed by atoms with E-state index in [0.29, 0.717) is 24.2 Å². The summed E-state index contributed by atoms with van der Waals surface area (Å²) in [5, 5.41) is 12.5. The second-order valence-electron chi connectivity index (χ2n) is 5.75. The van der Waals surface area contributed by atoms with Crippen molar-refractivity contribution in [3.63, 3.8) is 0 Å². The number of nitrogens with zero attached hydrogens (tertiary/aromatic N) is 1. The van der Waals surface area contributed by atoms with Crippen molar-refractivity contribution < 1.29 is 18.3 Å². The van der Waals surface area contributed by atoms with Crippen LogP contribution in [0.1, 0.15) is 25.8 Å². The van der Waals surface area contributed by atoms with Gasteiger partial charge in [0.2, 0.25) is 15.9 Å². The van der Waals surface area contributed by atoms with Crippen LogP contribution in [0.2, 0.25) is 0 Å². The molecule has 1 fully saturated rings. The molecule has 1 aliphatic heterocycles. The molecular weight excluding hydrogens is 292 g/mol. The lowest BCUT2D eigenvalue weighted by molar-refractivity contribution is -0.114. The maximum absolute atomic E-state index is 12.7. The minimum Gasteiger partial charge on any atom is -0.389 e. The monoisotopic (exact) mass is 312 g/mol. The highest BCUT2D eigenvalue weighted by atomic mass is 32.2. The Kier molecular flexibility index (Phi) is 4.10. The van der Waals surface area contributed by atoms with Gasteiger partial charge in [0.05, 0.1) is 10.5 Å². The van der Waals surface area contributed by atoms with E-state index in [0.717, 1.165) is 0 Å². The molecular formula is C14H20N2O4S. The van der Waals surface area contributed by atoms with Gasteiger partial charge in [0.25, 0.3) is 0 Å². The van der Waals surface area contributed by atoms with Crippen LogP contribution in [-0.4, -0.2) is 42.4 Å². The molecule has 2 N–H and O–H groups in total. The van der Waals surface area contributed by atoms with Crippen molar-refractivity contribution in [2.24, 2.45) is 0 Å². The van der Waals surface area contributed by atoms with Gasteiger partial charge in [0, 0.05) is 25.7 Å². The van der Waals surface area contributed by atoms with E-state index in [1.807, 2.05) is 0 Å². The van der Waals surface area contributed by atoms with Crippen molar-refractivity contribution in [1.82, 2.24) is 4.31 Å². The molecule has 1 aliphatic rings. The first kappa shape index (κ1) is 15.9. The predicted molar refractivity (Wildman–Crippen MR) is 79.5 cm³/mol. The molecule has 0 aromatic heterocycles. The SMILES string of the molecule is CC(=O)Nc1ccc(C)c(S(=O)(=O)N2CCC(C)(O)C2)c1. The highest BCUT2D eigenvalue weighted by Gasteiger charge is 2.39. The molecule has 1 aromatic rings. The Morgan fingerprint density at radius 1 is 1.43 bits per heavy atom. The molecule has 1 atom stereocenters. The van der Waals surface area contributed by atoms with Gasteiger partial charge in [-0.1, -0.05) is 6.07 Å². The second kappa shape index (κ2) is 5.40. The minimum absolute atomic E-state index is 0.0825. The largest absolute Gasteiger partial charge is 0.389 e. The summed E-state index contributed by atoms with van der Waals surface area (Å²) in [6.45, 7) is 5.08. The lowest BCUT2D eigenvalue weighted by atomic mass is 10.1. The van der Waals surface area contributed by atoms with Crippen LogP contribution in [0.3, 0.4) is 0 Å². The fourth-order valence-corrected chi connectivity index (χ4v) is 4.22. The van der Waals surface area contributed by atoms with Crippen LogP contribution < -0.4 is 5.32 Å². The van der Waals surface area contributed by atoms with E-state index in [4.69, 9.17) is 0 Å². The number of anilines is 1.